The van der Waals surface area contributed by atoms with E-state index in [0.717, 1.165) is 32.0 Å². The topological polar surface area (TPSA) is 32.3 Å². The number of carbonyl (C=O) groups excluding carboxylic acids is 1. The molecule has 1 unspecified atom stereocenters. The molecule has 2 heterocycles. The van der Waals surface area contributed by atoms with Crippen LogP contribution in [0.1, 0.15) is 23.2 Å². The van der Waals surface area contributed by atoms with Crippen LogP contribution in [0.25, 0.3) is 0 Å². The van der Waals surface area contributed by atoms with E-state index in [4.69, 9.17) is 0 Å². The zero-order chi connectivity index (χ0) is 13.5. The van der Waals surface area contributed by atoms with E-state index in [1.165, 1.54) is 12.1 Å². The van der Waals surface area contributed by atoms with Gasteiger partial charge < -0.3 is 10.2 Å². The molecule has 0 bridgehead atoms. The van der Waals surface area contributed by atoms with Crippen LogP contribution in [-0.2, 0) is 0 Å². The molecule has 1 aromatic carbocycles. The van der Waals surface area contributed by atoms with E-state index >= 15 is 0 Å². The highest BCUT2D eigenvalue weighted by Gasteiger charge is 2.42. The summed E-state index contributed by atoms with van der Waals surface area (Å²) in [5.41, 5.74) is -0.0255. The van der Waals surface area contributed by atoms with Crippen LogP contribution in [-0.4, -0.2) is 37.0 Å². The van der Waals surface area contributed by atoms with E-state index in [2.05, 4.69) is 5.32 Å². The predicted octanol–water partition coefficient (Wildman–Crippen LogP) is 1.79. The maximum Gasteiger partial charge on any atom is 0.256 e. The van der Waals surface area contributed by atoms with Crippen molar-refractivity contribution in [2.24, 2.45) is 5.41 Å². The Kier molecular flexibility index (Phi) is 3.01. The summed E-state index contributed by atoms with van der Waals surface area (Å²) in [4.78, 5) is 13.9. The number of carbonyl (C=O) groups is 1. The normalized spacial score (nSPS) is 26.3. The maximum absolute atomic E-state index is 13.6. The van der Waals surface area contributed by atoms with Gasteiger partial charge in [0.25, 0.3) is 5.91 Å². The largest absolute Gasteiger partial charge is 0.338 e. The zero-order valence-corrected chi connectivity index (χ0v) is 10.6. The summed E-state index contributed by atoms with van der Waals surface area (Å²) in [5, 5.41) is 3.30. The lowest BCUT2D eigenvalue weighted by molar-refractivity contribution is 0.0770. The molecule has 1 N–H and O–H groups in total. The van der Waals surface area contributed by atoms with Gasteiger partial charge in [0.15, 0.2) is 11.6 Å². The fourth-order valence-corrected chi connectivity index (χ4v) is 3.09. The van der Waals surface area contributed by atoms with Gasteiger partial charge in [-0.05, 0) is 31.5 Å². The van der Waals surface area contributed by atoms with Crippen LogP contribution in [0.4, 0.5) is 8.78 Å². The van der Waals surface area contributed by atoms with Gasteiger partial charge >= 0.3 is 0 Å². The Morgan fingerprint density at radius 2 is 2.16 bits per heavy atom. The highest BCUT2D eigenvalue weighted by atomic mass is 19.2. The Balaban J connectivity index is 1.80. The van der Waals surface area contributed by atoms with E-state index in [1.807, 2.05) is 0 Å². The van der Waals surface area contributed by atoms with Crippen molar-refractivity contribution in [3.05, 3.63) is 35.4 Å². The van der Waals surface area contributed by atoms with E-state index in [-0.39, 0.29) is 11.0 Å². The first-order valence-corrected chi connectivity index (χ1v) is 6.55. The fourth-order valence-electron chi connectivity index (χ4n) is 3.09. The second kappa shape index (κ2) is 4.56. The minimum Gasteiger partial charge on any atom is -0.338 e. The Labute approximate surface area is 110 Å². The molecule has 0 aliphatic carbocycles. The molecule has 1 amide bonds. The number of nitrogens with zero attached hydrogens (tertiary/aromatic N) is 1. The molecule has 0 aromatic heterocycles. The molecular weight excluding hydrogens is 250 g/mol. The van der Waals surface area contributed by atoms with Crippen molar-refractivity contribution in [3.8, 4) is 0 Å². The lowest BCUT2D eigenvalue weighted by Gasteiger charge is -2.22. The Bertz CT molecular complexity index is 512. The monoisotopic (exact) mass is 266 g/mol. The molecule has 1 aromatic rings. The van der Waals surface area contributed by atoms with Crippen molar-refractivity contribution in [2.75, 3.05) is 26.2 Å². The van der Waals surface area contributed by atoms with E-state index in [9.17, 15) is 13.6 Å². The fraction of sp³-hybridized carbons (Fsp3) is 0.500. The molecule has 2 fully saturated rings. The van der Waals surface area contributed by atoms with Crippen LogP contribution in [0, 0.1) is 17.0 Å². The summed E-state index contributed by atoms with van der Waals surface area (Å²) < 4.78 is 26.8. The minimum atomic E-state index is -1.04. The molecular formula is C14H16F2N2O. The second-order valence-electron chi connectivity index (χ2n) is 5.50. The lowest BCUT2D eigenvalue weighted by atomic mass is 9.86. The molecule has 2 aliphatic rings. The van der Waals surface area contributed by atoms with Crippen molar-refractivity contribution < 1.29 is 13.6 Å². The van der Waals surface area contributed by atoms with Gasteiger partial charge in [-0.1, -0.05) is 6.07 Å². The average Bonchev–Trinajstić information content (AvgIpc) is 3.03. The van der Waals surface area contributed by atoms with Crippen molar-refractivity contribution in [1.82, 2.24) is 10.2 Å². The molecule has 2 aliphatic heterocycles. The van der Waals surface area contributed by atoms with Gasteiger partial charge in [0.1, 0.15) is 0 Å². The first-order valence-electron chi connectivity index (χ1n) is 6.55. The average molecular weight is 266 g/mol. The number of benzene rings is 1. The van der Waals surface area contributed by atoms with Gasteiger partial charge in [0, 0.05) is 25.0 Å². The molecule has 19 heavy (non-hydrogen) atoms. The summed E-state index contributed by atoms with van der Waals surface area (Å²) >= 11 is 0. The van der Waals surface area contributed by atoms with Crippen LogP contribution in [0.5, 0.6) is 0 Å². The minimum absolute atomic E-state index is 0.138. The quantitative estimate of drug-likeness (QED) is 0.840. The van der Waals surface area contributed by atoms with Crippen molar-refractivity contribution >= 4 is 5.91 Å². The number of halogens is 2. The molecule has 3 nitrogen and oxygen atoms in total. The number of amides is 1. The molecule has 0 saturated carbocycles. The Morgan fingerprint density at radius 1 is 1.32 bits per heavy atom. The molecule has 0 radical (unpaired) electrons. The van der Waals surface area contributed by atoms with E-state index < -0.39 is 17.5 Å². The molecule has 102 valence electrons. The summed E-state index contributed by atoms with van der Waals surface area (Å²) in [6, 6.07) is 3.74. The van der Waals surface area contributed by atoms with Gasteiger partial charge in [0.2, 0.25) is 0 Å². The Hall–Kier alpha value is -1.49. The lowest BCUT2D eigenvalue weighted by Crippen LogP contribution is -2.33. The third-order valence-corrected chi connectivity index (χ3v) is 4.24. The second-order valence-corrected chi connectivity index (χ2v) is 5.50. The molecule has 5 heteroatoms. The van der Waals surface area contributed by atoms with Gasteiger partial charge in [-0.3, -0.25) is 4.79 Å². The van der Waals surface area contributed by atoms with E-state index in [1.54, 1.807) is 4.90 Å². The molecule has 1 atom stereocenters. The first-order chi connectivity index (χ1) is 9.11. The maximum atomic E-state index is 13.6. The summed E-state index contributed by atoms with van der Waals surface area (Å²) in [5.74, 6) is -2.42. The summed E-state index contributed by atoms with van der Waals surface area (Å²) in [6.07, 6.45) is 1.98. The number of likely N-dealkylation sites (tertiary alicyclic amines) is 1. The predicted molar refractivity (Wildman–Crippen MR) is 66.8 cm³/mol. The van der Waals surface area contributed by atoms with Crippen LogP contribution >= 0.6 is 0 Å². The number of hydrogen-bond acceptors (Lipinski definition) is 2. The van der Waals surface area contributed by atoms with Crippen molar-refractivity contribution in [1.29, 1.82) is 0 Å². The Morgan fingerprint density at radius 3 is 2.89 bits per heavy atom. The van der Waals surface area contributed by atoms with Crippen molar-refractivity contribution in [2.45, 2.75) is 12.8 Å². The number of rotatable bonds is 1. The van der Waals surface area contributed by atoms with Crippen LogP contribution in [0.2, 0.25) is 0 Å². The van der Waals surface area contributed by atoms with Gasteiger partial charge in [-0.15, -0.1) is 0 Å². The van der Waals surface area contributed by atoms with Crippen molar-refractivity contribution in [3.63, 3.8) is 0 Å². The number of hydrogen-bond donors (Lipinski definition) is 1. The number of nitrogens with one attached hydrogen (secondary N) is 1. The SMILES string of the molecule is O=C(c1cccc(F)c1F)N1CCC2(CCNC2)C1. The molecule has 3 rings (SSSR count). The highest BCUT2D eigenvalue weighted by Crippen LogP contribution is 2.36. The smallest absolute Gasteiger partial charge is 0.256 e. The highest BCUT2D eigenvalue weighted by molar-refractivity contribution is 5.94. The zero-order valence-electron chi connectivity index (χ0n) is 10.6. The molecule has 1 spiro atoms. The van der Waals surface area contributed by atoms with Gasteiger partial charge in [0.05, 0.1) is 5.56 Å². The van der Waals surface area contributed by atoms with Crippen LogP contribution in [0.3, 0.4) is 0 Å². The standard InChI is InChI=1S/C14H16F2N2O/c15-11-3-1-2-10(12(11)16)13(19)18-7-5-14(9-18)4-6-17-8-14/h1-3,17H,4-9H2. The summed E-state index contributed by atoms with van der Waals surface area (Å²) in [7, 11) is 0. The van der Waals surface area contributed by atoms with E-state index in [0.29, 0.717) is 13.1 Å². The van der Waals surface area contributed by atoms with Gasteiger partial charge in [-0.25, -0.2) is 8.78 Å². The van der Waals surface area contributed by atoms with Gasteiger partial charge in [-0.2, -0.15) is 0 Å². The van der Waals surface area contributed by atoms with Crippen LogP contribution in [0.15, 0.2) is 18.2 Å². The summed E-state index contributed by atoms with van der Waals surface area (Å²) in [6.45, 7) is 3.13. The third-order valence-electron chi connectivity index (χ3n) is 4.24. The third kappa shape index (κ3) is 2.12. The molecule has 2 saturated heterocycles. The van der Waals surface area contributed by atoms with Crippen LogP contribution < -0.4 is 5.32 Å². The first kappa shape index (κ1) is 12.5.